The van der Waals surface area contributed by atoms with Crippen molar-refractivity contribution < 1.29 is 19.0 Å². The summed E-state index contributed by atoms with van der Waals surface area (Å²) in [5.41, 5.74) is 1.87. The van der Waals surface area contributed by atoms with Crippen LogP contribution >= 0.6 is 0 Å². The summed E-state index contributed by atoms with van der Waals surface area (Å²) in [6, 6.07) is 7.44. The number of methoxy groups -OCH3 is 1. The molecule has 0 unspecified atom stereocenters. The predicted octanol–water partition coefficient (Wildman–Crippen LogP) is 2.78. The first-order chi connectivity index (χ1) is 12.0. The maximum absolute atomic E-state index is 13.3. The van der Waals surface area contributed by atoms with Crippen molar-refractivity contribution >= 4 is 5.91 Å². The van der Waals surface area contributed by atoms with Crippen molar-refractivity contribution in [2.45, 2.75) is 31.9 Å². The minimum atomic E-state index is -0.368. The second-order valence-corrected chi connectivity index (χ2v) is 6.43. The van der Waals surface area contributed by atoms with Crippen molar-refractivity contribution in [2.75, 3.05) is 7.11 Å². The third-order valence-electron chi connectivity index (χ3n) is 4.67. The Morgan fingerprint density at radius 3 is 2.68 bits per heavy atom. The number of nitrogens with one attached hydrogen (secondary N) is 1. The van der Waals surface area contributed by atoms with E-state index in [4.69, 9.17) is 4.74 Å². The summed E-state index contributed by atoms with van der Waals surface area (Å²) in [5.74, 6) is -0.00136. The number of hydrogen-bond donors (Lipinski definition) is 2. The summed E-state index contributed by atoms with van der Waals surface area (Å²) >= 11 is 0. The van der Waals surface area contributed by atoms with Gasteiger partial charge in [0, 0.05) is 17.8 Å². The number of aliphatic hydroxyl groups excluding tert-OH is 1. The molecule has 0 spiro atoms. The quantitative estimate of drug-likeness (QED) is 0.875. The molecule has 1 heterocycles. The zero-order chi connectivity index (χ0) is 18.0. The number of pyridine rings is 1. The van der Waals surface area contributed by atoms with Gasteiger partial charge < -0.3 is 15.2 Å². The largest absolute Gasteiger partial charge is 0.481 e. The number of aliphatic hydroxyl groups is 1. The number of aromatic nitrogens is 1. The molecular weight excluding hydrogens is 323 g/mol. The summed E-state index contributed by atoms with van der Waals surface area (Å²) in [5, 5.41) is 12.6. The van der Waals surface area contributed by atoms with E-state index in [-0.39, 0.29) is 29.8 Å². The number of hydrogen-bond acceptors (Lipinski definition) is 4. The summed E-state index contributed by atoms with van der Waals surface area (Å²) in [4.78, 5) is 16.9. The lowest BCUT2D eigenvalue weighted by Crippen LogP contribution is -2.41. The molecule has 0 radical (unpaired) electrons. The number of nitrogens with zero attached hydrogens (tertiary/aromatic N) is 1. The highest BCUT2D eigenvalue weighted by molar-refractivity contribution is 5.95. The first-order valence-corrected chi connectivity index (χ1v) is 8.23. The molecule has 1 atom stereocenters. The standard InChI is InChI=1S/C19H21FN2O3/c1-11-7-14(20)4-5-16(11)19(24)22-18(13-8-15(23)9-13)12-3-6-17(25-2)21-10-12/h3-7,10,13,15,18,23H,8-9H2,1-2H3,(H,22,24)/t13?,15?,18-/m1/s1. The fraction of sp³-hybridized carbons (Fsp3) is 0.368. The van der Waals surface area contributed by atoms with E-state index in [1.807, 2.05) is 6.07 Å². The van der Waals surface area contributed by atoms with E-state index >= 15 is 0 Å². The molecule has 25 heavy (non-hydrogen) atoms. The van der Waals surface area contributed by atoms with E-state index in [1.54, 1.807) is 26.3 Å². The third kappa shape index (κ3) is 3.79. The summed E-state index contributed by atoms with van der Waals surface area (Å²) in [6.07, 6.45) is 2.59. The third-order valence-corrected chi connectivity index (χ3v) is 4.67. The molecule has 5 nitrogen and oxygen atoms in total. The number of aryl methyl sites for hydroxylation is 1. The normalized spacial score (nSPS) is 20.5. The first-order valence-electron chi connectivity index (χ1n) is 8.23. The molecule has 1 saturated carbocycles. The Labute approximate surface area is 145 Å². The van der Waals surface area contributed by atoms with E-state index in [2.05, 4.69) is 10.3 Å². The Hall–Kier alpha value is -2.47. The van der Waals surface area contributed by atoms with Crippen molar-refractivity contribution in [3.63, 3.8) is 0 Å². The molecule has 6 heteroatoms. The van der Waals surface area contributed by atoms with Crippen LogP contribution in [0.1, 0.15) is 40.4 Å². The van der Waals surface area contributed by atoms with E-state index in [1.165, 1.54) is 18.2 Å². The fourth-order valence-electron chi connectivity index (χ4n) is 3.17. The second-order valence-electron chi connectivity index (χ2n) is 6.43. The molecule has 0 aliphatic heterocycles. The molecule has 0 bridgehead atoms. The van der Waals surface area contributed by atoms with Crippen molar-refractivity contribution in [3.05, 3.63) is 59.0 Å². The summed E-state index contributed by atoms with van der Waals surface area (Å²) in [7, 11) is 1.54. The molecule has 1 aliphatic carbocycles. The Bertz CT molecular complexity index is 758. The van der Waals surface area contributed by atoms with Crippen LogP contribution in [-0.2, 0) is 0 Å². The number of carbonyl (C=O) groups is 1. The number of benzene rings is 1. The highest BCUT2D eigenvalue weighted by atomic mass is 19.1. The van der Waals surface area contributed by atoms with E-state index in [0.717, 1.165) is 5.56 Å². The zero-order valence-electron chi connectivity index (χ0n) is 14.2. The van der Waals surface area contributed by atoms with Crippen LogP contribution in [0.15, 0.2) is 36.5 Å². The van der Waals surface area contributed by atoms with Crippen molar-refractivity contribution in [3.8, 4) is 5.88 Å². The average molecular weight is 344 g/mol. The molecule has 1 aromatic heterocycles. The van der Waals surface area contributed by atoms with Gasteiger partial charge in [0.2, 0.25) is 5.88 Å². The van der Waals surface area contributed by atoms with Gasteiger partial charge in [0.1, 0.15) is 5.82 Å². The van der Waals surface area contributed by atoms with Crippen LogP contribution in [0, 0.1) is 18.7 Å². The van der Waals surface area contributed by atoms with E-state index in [0.29, 0.717) is 29.8 Å². The Morgan fingerprint density at radius 1 is 1.36 bits per heavy atom. The lowest BCUT2D eigenvalue weighted by atomic mass is 9.75. The van der Waals surface area contributed by atoms with Crippen LogP contribution in [0.25, 0.3) is 0 Å². The predicted molar refractivity (Wildman–Crippen MR) is 90.9 cm³/mol. The number of halogens is 1. The molecule has 132 valence electrons. The molecule has 1 aromatic carbocycles. The van der Waals surface area contributed by atoms with Crippen LogP contribution in [0.2, 0.25) is 0 Å². The van der Waals surface area contributed by atoms with Gasteiger partial charge in [-0.1, -0.05) is 6.07 Å². The summed E-state index contributed by atoms with van der Waals surface area (Å²) in [6.45, 7) is 1.70. The molecule has 2 aromatic rings. The van der Waals surface area contributed by atoms with Crippen LogP contribution in [0.3, 0.4) is 0 Å². The molecule has 1 aliphatic rings. The highest BCUT2D eigenvalue weighted by Gasteiger charge is 2.36. The van der Waals surface area contributed by atoms with Crippen molar-refractivity contribution in [2.24, 2.45) is 5.92 Å². The number of amides is 1. The minimum Gasteiger partial charge on any atom is -0.481 e. The van der Waals surface area contributed by atoms with Crippen molar-refractivity contribution in [1.29, 1.82) is 0 Å². The molecule has 3 rings (SSSR count). The fourth-order valence-corrected chi connectivity index (χ4v) is 3.17. The van der Waals surface area contributed by atoms with E-state index < -0.39 is 0 Å². The number of carbonyl (C=O) groups excluding carboxylic acids is 1. The number of ether oxygens (including phenoxy) is 1. The van der Waals surface area contributed by atoms with Gasteiger partial charge in [-0.05, 0) is 55.0 Å². The average Bonchev–Trinajstić information content (AvgIpc) is 2.57. The first kappa shape index (κ1) is 17.4. The van der Waals surface area contributed by atoms with Gasteiger partial charge in [-0.3, -0.25) is 4.79 Å². The van der Waals surface area contributed by atoms with Gasteiger partial charge in [-0.25, -0.2) is 9.37 Å². The topological polar surface area (TPSA) is 71.5 Å². The van der Waals surface area contributed by atoms with Gasteiger partial charge in [-0.2, -0.15) is 0 Å². The van der Waals surface area contributed by atoms with Gasteiger partial charge in [0.15, 0.2) is 0 Å². The number of rotatable bonds is 5. The molecule has 1 fully saturated rings. The van der Waals surface area contributed by atoms with Crippen LogP contribution in [0.5, 0.6) is 5.88 Å². The van der Waals surface area contributed by atoms with Crippen LogP contribution in [-0.4, -0.2) is 29.2 Å². The Balaban J connectivity index is 1.83. The molecular formula is C19H21FN2O3. The van der Waals surface area contributed by atoms with Gasteiger partial charge in [-0.15, -0.1) is 0 Å². The maximum atomic E-state index is 13.3. The molecule has 1 amide bonds. The van der Waals surface area contributed by atoms with Crippen LogP contribution in [0.4, 0.5) is 4.39 Å². The van der Waals surface area contributed by atoms with Crippen LogP contribution < -0.4 is 10.1 Å². The second kappa shape index (κ2) is 7.19. The minimum absolute atomic E-state index is 0.134. The smallest absolute Gasteiger partial charge is 0.252 e. The monoisotopic (exact) mass is 344 g/mol. The Kier molecular flexibility index (Phi) is 4.99. The van der Waals surface area contributed by atoms with Gasteiger partial charge in [0.25, 0.3) is 5.91 Å². The van der Waals surface area contributed by atoms with E-state index in [9.17, 15) is 14.3 Å². The maximum Gasteiger partial charge on any atom is 0.252 e. The van der Waals surface area contributed by atoms with Gasteiger partial charge in [0.05, 0.1) is 19.3 Å². The molecule has 2 N–H and O–H groups in total. The lowest BCUT2D eigenvalue weighted by Gasteiger charge is -2.38. The van der Waals surface area contributed by atoms with Gasteiger partial charge >= 0.3 is 0 Å². The highest BCUT2D eigenvalue weighted by Crippen LogP contribution is 2.38. The lowest BCUT2D eigenvalue weighted by molar-refractivity contribution is 0.0234. The van der Waals surface area contributed by atoms with Crippen molar-refractivity contribution in [1.82, 2.24) is 10.3 Å². The molecule has 0 saturated heterocycles. The summed E-state index contributed by atoms with van der Waals surface area (Å²) < 4.78 is 18.3. The SMILES string of the molecule is COc1ccc([C@@H](NC(=O)c2ccc(F)cc2C)C2CC(O)C2)cn1. The Morgan fingerprint density at radius 2 is 2.12 bits per heavy atom. The zero-order valence-corrected chi connectivity index (χ0v) is 14.2.